The zero-order valence-electron chi connectivity index (χ0n) is 12.3. The van der Waals surface area contributed by atoms with Gasteiger partial charge < -0.3 is 5.32 Å². The summed E-state index contributed by atoms with van der Waals surface area (Å²) in [5.74, 6) is 0. The molecule has 2 aliphatic rings. The minimum absolute atomic E-state index is 0.528. The normalized spacial score (nSPS) is 37.2. The second kappa shape index (κ2) is 4.55. The van der Waals surface area contributed by atoms with E-state index in [9.17, 15) is 0 Å². The molecule has 1 heterocycles. The number of hydrogen-bond donors (Lipinski definition) is 1. The number of nitrogens with zero attached hydrogens (tertiary/aromatic N) is 1. The van der Waals surface area contributed by atoms with Gasteiger partial charge in [-0.15, -0.1) is 0 Å². The Bertz CT molecular complexity index is 270. The van der Waals surface area contributed by atoms with Gasteiger partial charge in [0.2, 0.25) is 0 Å². The first-order chi connectivity index (χ1) is 7.83. The van der Waals surface area contributed by atoms with Crippen molar-refractivity contribution in [1.29, 1.82) is 0 Å². The molecule has 0 spiro atoms. The lowest BCUT2D eigenvalue weighted by atomic mass is 9.72. The lowest BCUT2D eigenvalue weighted by Gasteiger charge is -2.45. The molecule has 0 aromatic heterocycles. The van der Waals surface area contributed by atoms with Gasteiger partial charge in [0.15, 0.2) is 0 Å². The van der Waals surface area contributed by atoms with E-state index < -0.39 is 0 Å². The summed E-state index contributed by atoms with van der Waals surface area (Å²) < 4.78 is 0. The van der Waals surface area contributed by atoms with Gasteiger partial charge in [0.25, 0.3) is 0 Å². The van der Waals surface area contributed by atoms with E-state index in [-0.39, 0.29) is 0 Å². The predicted octanol–water partition coefficient (Wildman–Crippen LogP) is 2.89. The van der Waals surface area contributed by atoms with Crippen molar-refractivity contribution < 1.29 is 0 Å². The van der Waals surface area contributed by atoms with Crippen LogP contribution in [0.25, 0.3) is 0 Å². The third-order valence-electron chi connectivity index (χ3n) is 4.91. The highest BCUT2D eigenvalue weighted by molar-refractivity contribution is 4.97. The minimum atomic E-state index is 0.528. The molecule has 2 unspecified atom stereocenters. The third kappa shape index (κ3) is 3.03. The van der Waals surface area contributed by atoms with Crippen LogP contribution >= 0.6 is 0 Å². The van der Waals surface area contributed by atoms with E-state index in [1.165, 1.54) is 38.8 Å². The van der Waals surface area contributed by atoms with Crippen LogP contribution in [-0.2, 0) is 0 Å². The largest absolute Gasteiger partial charge is 0.315 e. The van der Waals surface area contributed by atoms with Crippen molar-refractivity contribution >= 4 is 0 Å². The molecule has 2 heteroatoms. The van der Waals surface area contributed by atoms with Crippen molar-refractivity contribution in [2.24, 2.45) is 10.8 Å². The Morgan fingerprint density at radius 1 is 1.06 bits per heavy atom. The number of rotatable bonds is 2. The molecule has 1 aliphatic heterocycles. The molecule has 2 rings (SSSR count). The Morgan fingerprint density at radius 3 is 2.29 bits per heavy atom. The van der Waals surface area contributed by atoms with Gasteiger partial charge in [-0.1, -0.05) is 27.7 Å². The highest BCUT2D eigenvalue weighted by Gasteiger charge is 2.41. The summed E-state index contributed by atoms with van der Waals surface area (Å²) in [4.78, 5) is 2.75. The van der Waals surface area contributed by atoms with Crippen LogP contribution in [0.15, 0.2) is 0 Å². The van der Waals surface area contributed by atoms with Gasteiger partial charge in [0, 0.05) is 18.6 Å². The SMILES string of the molecule is CNC1CCC(C)(C)CC1N1CCC(C)(C)C1. The molecule has 2 nitrogen and oxygen atoms in total. The summed E-state index contributed by atoms with van der Waals surface area (Å²) in [6.07, 6.45) is 5.42. The van der Waals surface area contributed by atoms with Crippen molar-refractivity contribution in [3.63, 3.8) is 0 Å². The van der Waals surface area contributed by atoms with Crippen LogP contribution in [-0.4, -0.2) is 37.1 Å². The van der Waals surface area contributed by atoms with Gasteiger partial charge in [-0.25, -0.2) is 0 Å². The van der Waals surface area contributed by atoms with Crippen LogP contribution in [0.4, 0.5) is 0 Å². The topological polar surface area (TPSA) is 15.3 Å². The van der Waals surface area contributed by atoms with Gasteiger partial charge in [0.1, 0.15) is 0 Å². The Morgan fingerprint density at radius 2 is 1.76 bits per heavy atom. The number of likely N-dealkylation sites (tertiary alicyclic amines) is 1. The highest BCUT2D eigenvalue weighted by Crippen LogP contribution is 2.40. The Balaban J connectivity index is 2.06. The molecule has 1 aliphatic carbocycles. The van der Waals surface area contributed by atoms with Crippen LogP contribution in [0.1, 0.15) is 53.4 Å². The first kappa shape index (κ1) is 13.4. The number of nitrogens with one attached hydrogen (secondary N) is 1. The average Bonchev–Trinajstić information content (AvgIpc) is 2.58. The van der Waals surface area contributed by atoms with Gasteiger partial charge >= 0.3 is 0 Å². The molecule has 0 amide bonds. The maximum atomic E-state index is 3.55. The van der Waals surface area contributed by atoms with Crippen LogP contribution in [0.5, 0.6) is 0 Å². The summed E-state index contributed by atoms with van der Waals surface area (Å²) in [6.45, 7) is 12.3. The fraction of sp³-hybridized carbons (Fsp3) is 1.00. The molecule has 100 valence electrons. The first-order valence-corrected chi connectivity index (χ1v) is 7.24. The lowest BCUT2D eigenvalue weighted by molar-refractivity contribution is 0.0773. The van der Waals surface area contributed by atoms with Gasteiger partial charge in [-0.3, -0.25) is 4.90 Å². The monoisotopic (exact) mass is 238 g/mol. The molecule has 0 aromatic rings. The van der Waals surface area contributed by atoms with Crippen molar-refractivity contribution in [3.8, 4) is 0 Å². The minimum Gasteiger partial charge on any atom is -0.315 e. The first-order valence-electron chi connectivity index (χ1n) is 7.24. The zero-order valence-corrected chi connectivity index (χ0v) is 12.3. The van der Waals surface area contributed by atoms with Crippen LogP contribution in [0.3, 0.4) is 0 Å². The molecule has 1 saturated carbocycles. The third-order valence-corrected chi connectivity index (χ3v) is 4.91. The molecule has 2 atom stereocenters. The molecule has 2 fully saturated rings. The Kier molecular flexibility index (Phi) is 3.57. The molecule has 1 saturated heterocycles. The van der Waals surface area contributed by atoms with Crippen molar-refractivity contribution in [3.05, 3.63) is 0 Å². The van der Waals surface area contributed by atoms with Crippen molar-refractivity contribution in [2.45, 2.75) is 65.5 Å². The smallest absolute Gasteiger partial charge is 0.0254 e. The van der Waals surface area contributed by atoms with E-state index >= 15 is 0 Å². The second-order valence-corrected chi connectivity index (χ2v) is 7.75. The summed E-state index contributed by atoms with van der Waals surface area (Å²) in [7, 11) is 2.14. The lowest BCUT2D eigenvalue weighted by Crippen LogP contribution is -2.53. The van der Waals surface area contributed by atoms with Crippen molar-refractivity contribution in [1.82, 2.24) is 10.2 Å². The molecule has 0 aromatic carbocycles. The Hall–Kier alpha value is -0.0800. The fourth-order valence-electron chi connectivity index (χ4n) is 3.71. The van der Waals surface area contributed by atoms with E-state index in [4.69, 9.17) is 0 Å². The molecule has 1 N–H and O–H groups in total. The number of likely N-dealkylation sites (N-methyl/N-ethyl adjacent to an activating group) is 1. The van der Waals surface area contributed by atoms with Crippen LogP contribution < -0.4 is 5.32 Å². The van der Waals surface area contributed by atoms with E-state index in [1.807, 2.05) is 0 Å². The highest BCUT2D eigenvalue weighted by atomic mass is 15.2. The second-order valence-electron chi connectivity index (χ2n) is 7.75. The fourth-order valence-corrected chi connectivity index (χ4v) is 3.71. The van der Waals surface area contributed by atoms with Crippen LogP contribution in [0, 0.1) is 10.8 Å². The molecular weight excluding hydrogens is 208 g/mol. The molecule has 0 radical (unpaired) electrons. The van der Waals surface area contributed by atoms with E-state index in [0.717, 1.165) is 6.04 Å². The van der Waals surface area contributed by atoms with E-state index in [0.29, 0.717) is 16.9 Å². The van der Waals surface area contributed by atoms with Gasteiger partial charge in [0.05, 0.1) is 0 Å². The zero-order chi connectivity index (χ0) is 12.7. The van der Waals surface area contributed by atoms with E-state index in [1.54, 1.807) is 0 Å². The number of hydrogen-bond acceptors (Lipinski definition) is 2. The van der Waals surface area contributed by atoms with Gasteiger partial charge in [-0.05, 0) is 50.1 Å². The summed E-state index contributed by atoms with van der Waals surface area (Å²) in [6, 6.07) is 1.46. The average molecular weight is 238 g/mol. The Labute approximate surface area is 107 Å². The van der Waals surface area contributed by atoms with E-state index in [2.05, 4.69) is 45.0 Å². The molecular formula is C15H30N2. The maximum absolute atomic E-state index is 3.55. The summed E-state index contributed by atoms with van der Waals surface area (Å²) in [5, 5.41) is 3.55. The summed E-state index contributed by atoms with van der Waals surface area (Å²) >= 11 is 0. The quantitative estimate of drug-likeness (QED) is 0.796. The van der Waals surface area contributed by atoms with Crippen molar-refractivity contribution in [2.75, 3.05) is 20.1 Å². The maximum Gasteiger partial charge on any atom is 0.0254 e. The van der Waals surface area contributed by atoms with Gasteiger partial charge in [-0.2, -0.15) is 0 Å². The predicted molar refractivity (Wildman–Crippen MR) is 74.2 cm³/mol. The molecule has 17 heavy (non-hydrogen) atoms. The van der Waals surface area contributed by atoms with Crippen LogP contribution in [0.2, 0.25) is 0 Å². The summed E-state index contributed by atoms with van der Waals surface area (Å²) in [5.41, 5.74) is 1.06. The molecule has 0 bridgehead atoms. The standard InChI is InChI=1S/C15H30N2/c1-14(2)7-6-12(16-5)13(10-14)17-9-8-15(3,4)11-17/h12-13,16H,6-11H2,1-5H3.